The van der Waals surface area contributed by atoms with Crippen molar-refractivity contribution >= 4 is 63.4 Å². The molecule has 4 aromatic carbocycles. The number of carbonyl (C=O) groups is 4. The maximum atomic E-state index is 14.5. The van der Waals surface area contributed by atoms with Gasteiger partial charge in [-0.15, -0.1) is 0 Å². The summed E-state index contributed by atoms with van der Waals surface area (Å²) in [5, 5.41) is 0. The number of alkyl halides is 4. The minimum Gasteiger partial charge on any atom is -0.369 e. The van der Waals surface area contributed by atoms with Gasteiger partial charge in [0.25, 0.3) is 23.6 Å². The summed E-state index contributed by atoms with van der Waals surface area (Å²) in [6, 6.07) is 30.2. The minimum atomic E-state index is -1.33. The Hall–Kier alpha value is -9.16. The van der Waals surface area contributed by atoms with Crippen LogP contribution in [0.1, 0.15) is 230 Å². The number of aliphatic imine (C=N–C) groups is 4. The minimum absolute atomic E-state index is 0.0156. The second kappa shape index (κ2) is 33.6. The number of ether oxygens (including phenoxy) is 4. The van der Waals surface area contributed by atoms with E-state index in [1.807, 2.05) is 122 Å². The highest BCUT2D eigenvalue weighted by molar-refractivity contribution is 9.10. The standard InChI is InChI=1S/2C26H30F2N4O2.C21H27BrFN3O2.C21H28FN3O2/c1-15(2)32-23(33)26(31-24(32)29)22-11-17(19-10-20(28)14-30-13-19)4-5-18(22)12-25(26)8-6-21(7-9-25)34-16(3)27;1-15(2)32-23(33)26(31-24(32)29)21-13-17(20-5-4-12-30-22(20)28)6-7-18(21)14-25(26)10-8-19(9-11-25)34-16(3)27;1-12(2)26-18(27)21(25-19(26)24)17-10-15(22)5-4-14(17)11-20(21)8-6-16(7-9-20)28-13(3)23;1-13(2)25-18(26)21(24-19(25)23)17-7-5-4-6-15(17)12-20(21)10-8-16(9-11-20)27-14(3)22/h4-5,10-11,13-16,21H,6-9,12H2,1-3H3,(H2,29,31);4-7,12-13,15-16,19H,8-11,14H2,1-3H3,(H2,29,31);4-5,10,12-13,16H,6-9,11H2,1-3H3,(H2,24,25);4-7,13-14,16H,8-12H2,1-3H3,(H2,23,24). The molecule has 8 spiro atoms. The molecule has 6 heterocycles. The highest BCUT2D eigenvalue weighted by atomic mass is 79.9. The summed E-state index contributed by atoms with van der Waals surface area (Å²) in [6.07, 6.45) is 12.5. The van der Waals surface area contributed by atoms with Crippen LogP contribution in [0.25, 0.3) is 22.3 Å². The number of nitrogens with zero attached hydrogens (tertiary/aromatic N) is 10. The summed E-state index contributed by atoms with van der Waals surface area (Å²) >= 11 is 3.56. The van der Waals surface area contributed by atoms with Crippen molar-refractivity contribution in [2.75, 3.05) is 0 Å². The lowest BCUT2D eigenvalue weighted by molar-refractivity contribution is -0.142. The van der Waals surface area contributed by atoms with Crippen molar-refractivity contribution in [2.45, 2.75) is 308 Å². The number of carbonyl (C=O) groups excluding carboxylic acids is 4. The van der Waals surface area contributed by atoms with Crippen LogP contribution in [0.2, 0.25) is 0 Å². The highest BCUT2D eigenvalue weighted by Gasteiger charge is 2.72. The number of pyridine rings is 2. The molecular formula is C94H115BrF6N14O8. The van der Waals surface area contributed by atoms with E-state index in [9.17, 15) is 45.5 Å². The lowest BCUT2D eigenvalue weighted by Gasteiger charge is -2.45. The van der Waals surface area contributed by atoms with Crippen LogP contribution in [0.3, 0.4) is 0 Å². The van der Waals surface area contributed by atoms with Crippen LogP contribution in [0.5, 0.6) is 0 Å². The largest absolute Gasteiger partial charge is 0.369 e. The zero-order valence-corrected chi connectivity index (χ0v) is 73.8. The average molecular weight is 1760 g/mol. The Balaban J connectivity index is 0.000000128. The summed E-state index contributed by atoms with van der Waals surface area (Å²) in [4.78, 5) is 89.6. The lowest BCUT2D eigenvalue weighted by Crippen LogP contribution is -2.53. The molecule has 0 bridgehead atoms. The fourth-order valence-electron chi connectivity index (χ4n) is 23.5. The number of benzene rings is 4. The molecule has 6 aromatic rings. The molecule has 8 atom stereocenters. The van der Waals surface area contributed by atoms with Crippen molar-refractivity contribution in [3.63, 3.8) is 0 Å². The van der Waals surface area contributed by atoms with Gasteiger partial charge in [-0.2, -0.15) is 4.39 Å². The molecule has 2 aromatic heterocycles. The predicted octanol–water partition coefficient (Wildman–Crippen LogP) is 16.2. The Morgan fingerprint density at radius 2 is 0.699 bits per heavy atom. The molecule has 4 fully saturated rings. The molecule has 4 saturated carbocycles. The van der Waals surface area contributed by atoms with E-state index in [0.29, 0.717) is 92.8 Å². The number of fused-ring (bicyclic) bond motifs is 12. The molecule has 0 saturated heterocycles. The number of hydrogen-bond donors (Lipinski definition) is 4. The Labute approximate surface area is 724 Å². The molecule has 8 N–H and O–H groups in total. The number of amides is 4. The van der Waals surface area contributed by atoms with Gasteiger partial charge in [-0.25, -0.2) is 46.9 Å². The number of rotatable bonds is 14. The third-order valence-electron chi connectivity index (χ3n) is 28.5. The van der Waals surface area contributed by atoms with Crippen molar-refractivity contribution in [2.24, 2.45) is 64.6 Å². The topological polar surface area (TPSA) is 297 Å². The van der Waals surface area contributed by atoms with Crippen molar-refractivity contribution in [1.29, 1.82) is 0 Å². The fraction of sp³-hybridized carbons (Fsp3) is 0.553. The molecule has 658 valence electrons. The average Bonchev–Trinajstić information content (AvgIpc) is 1.56. The fourth-order valence-corrected chi connectivity index (χ4v) is 23.8. The maximum Gasteiger partial charge on any atom is 0.262 e. The van der Waals surface area contributed by atoms with Crippen LogP contribution < -0.4 is 22.9 Å². The first-order valence-corrected chi connectivity index (χ1v) is 44.5. The molecule has 4 aliphatic heterocycles. The van der Waals surface area contributed by atoms with Crippen LogP contribution in [0, 0.1) is 33.4 Å². The maximum absolute atomic E-state index is 14.5. The van der Waals surface area contributed by atoms with E-state index in [-0.39, 0.29) is 95.0 Å². The van der Waals surface area contributed by atoms with Crippen LogP contribution >= 0.6 is 15.9 Å². The number of hydrogen-bond acceptors (Lipinski definition) is 18. The molecular weight excluding hydrogens is 1650 g/mol. The number of nitrogens with two attached hydrogens (primary N) is 4. The number of halogens is 7. The molecule has 12 aliphatic rings. The van der Waals surface area contributed by atoms with Gasteiger partial charge in [-0.3, -0.25) is 43.8 Å². The molecule has 8 unspecified atom stereocenters. The third kappa shape index (κ3) is 14.8. The summed E-state index contributed by atoms with van der Waals surface area (Å²) in [5.74, 6) is -0.256. The van der Waals surface area contributed by atoms with Crippen molar-refractivity contribution in [1.82, 2.24) is 29.6 Å². The lowest BCUT2D eigenvalue weighted by atomic mass is 9.61. The quantitative estimate of drug-likeness (QED) is 0.0582. The van der Waals surface area contributed by atoms with Gasteiger partial charge in [0.1, 0.15) is 5.82 Å². The Bertz CT molecular complexity index is 5190. The smallest absolute Gasteiger partial charge is 0.262 e. The number of guanidine groups is 4. The molecule has 0 radical (unpaired) electrons. The van der Waals surface area contributed by atoms with E-state index >= 15 is 0 Å². The van der Waals surface area contributed by atoms with Gasteiger partial charge in [0, 0.05) is 73.8 Å². The Morgan fingerprint density at radius 1 is 0.382 bits per heavy atom. The van der Waals surface area contributed by atoms with Gasteiger partial charge in [-0.1, -0.05) is 70.5 Å². The predicted molar refractivity (Wildman–Crippen MR) is 461 cm³/mol. The summed E-state index contributed by atoms with van der Waals surface area (Å²) in [7, 11) is 0. The van der Waals surface area contributed by atoms with Gasteiger partial charge in [0.2, 0.25) is 5.95 Å². The van der Waals surface area contributed by atoms with E-state index in [1.54, 1.807) is 37.9 Å². The normalized spacial score (nSPS) is 31.1. The van der Waals surface area contributed by atoms with E-state index in [0.717, 1.165) is 119 Å². The SMILES string of the molecule is CC(F)OC1CCC2(CC1)Cc1ccc(-c3cccnc3F)cc1C21N=C(N)N(C(C)C)C1=O.CC(F)OC1CCC2(CC1)Cc1ccc(-c3cncc(F)c3)cc1C21N=C(N)N(C(C)C)C1=O.CC(F)OC1CCC2(CC1)Cc1ccc(Br)cc1C21N=C(N)N(C(C)C)C1=O.CC(F)OC1CCC2(CC1)Cc1ccccc1C21N=C(N)N(C(C)C)C1=O. The summed E-state index contributed by atoms with van der Waals surface area (Å²) in [6.45, 7) is 21.1. The molecule has 4 amide bonds. The van der Waals surface area contributed by atoms with Crippen molar-refractivity contribution in [3.05, 3.63) is 176 Å². The van der Waals surface area contributed by atoms with Crippen LogP contribution in [-0.4, -0.2) is 151 Å². The Morgan fingerprint density at radius 3 is 1.03 bits per heavy atom. The second-order valence-electron chi connectivity index (χ2n) is 37.1. The van der Waals surface area contributed by atoms with E-state index in [1.165, 1.54) is 45.5 Å². The number of aromatic nitrogens is 2. The highest BCUT2D eigenvalue weighted by Crippen LogP contribution is 2.67. The summed E-state index contributed by atoms with van der Waals surface area (Å²) < 4.78 is 105. The van der Waals surface area contributed by atoms with Gasteiger partial charge in [0.05, 0.1) is 30.6 Å². The molecule has 123 heavy (non-hydrogen) atoms. The van der Waals surface area contributed by atoms with Crippen molar-refractivity contribution < 1.29 is 64.5 Å². The van der Waals surface area contributed by atoms with Gasteiger partial charge in [0.15, 0.2) is 71.4 Å². The van der Waals surface area contributed by atoms with Gasteiger partial charge >= 0.3 is 0 Å². The summed E-state index contributed by atoms with van der Waals surface area (Å²) in [5.41, 5.74) is 29.7. The molecule has 18 rings (SSSR count). The van der Waals surface area contributed by atoms with Crippen LogP contribution in [-0.2, 0) is 86.0 Å². The zero-order chi connectivity index (χ0) is 88.2. The van der Waals surface area contributed by atoms with Crippen LogP contribution in [0.4, 0.5) is 26.3 Å². The van der Waals surface area contributed by atoms with Crippen LogP contribution in [0.15, 0.2) is 140 Å². The van der Waals surface area contributed by atoms with E-state index in [2.05, 4.69) is 38.0 Å². The second-order valence-corrected chi connectivity index (χ2v) is 38.0. The van der Waals surface area contributed by atoms with Gasteiger partial charge < -0.3 is 41.9 Å². The van der Waals surface area contributed by atoms with Gasteiger partial charge in [-0.05, 0) is 310 Å². The van der Waals surface area contributed by atoms with Crippen molar-refractivity contribution in [3.8, 4) is 22.3 Å². The monoisotopic (exact) mass is 1760 g/mol. The molecule has 22 nitrogen and oxygen atoms in total. The first-order valence-electron chi connectivity index (χ1n) is 43.7. The first-order chi connectivity index (χ1) is 58.4. The van der Waals surface area contributed by atoms with E-state index < -0.39 is 70.2 Å². The molecule has 29 heteroatoms. The zero-order valence-electron chi connectivity index (χ0n) is 72.2. The molecule has 8 aliphatic carbocycles. The third-order valence-corrected chi connectivity index (χ3v) is 29.0. The Kier molecular flexibility index (Phi) is 24.3. The first kappa shape index (κ1) is 88.7. The van der Waals surface area contributed by atoms with E-state index in [4.69, 9.17) is 61.9 Å².